The molecule has 11 heteroatoms. The van der Waals surface area contributed by atoms with Crippen molar-refractivity contribution >= 4 is 27.5 Å². The van der Waals surface area contributed by atoms with Crippen LogP contribution in [-0.4, -0.2) is 65.6 Å². The Balaban J connectivity index is 2.09. The molecule has 1 atom stereocenters. The minimum Gasteiger partial charge on any atom is -0.497 e. The number of aryl methyl sites for hydroxylation is 2. The molecular formula is C33H43N3O7S. The lowest BCUT2D eigenvalue weighted by Crippen LogP contribution is -2.51. The highest BCUT2D eigenvalue weighted by atomic mass is 32.2. The van der Waals surface area contributed by atoms with Crippen LogP contribution in [0.3, 0.4) is 0 Å². The van der Waals surface area contributed by atoms with Gasteiger partial charge < -0.3 is 24.4 Å². The summed E-state index contributed by atoms with van der Waals surface area (Å²) in [5.41, 5.74) is 2.72. The first-order valence-corrected chi connectivity index (χ1v) is 15.9. The number of nitrogens with one attached hydrogen (secondary N) is 1. The summed E-state index contributed by atoms with van der Waals surface area (Å²) in [7, 11) is 0.138. The maximum atomic E-state index is 14.3. The molecule has 10 nitrogen and oxygen atoms in total. The summed E-state index contributed by atoms with van der Waals surface area (Å²) < 4.78 is 45.6. The molecule has 3 rings (SSSR count). The van der Waals surface area contributed by atoms with Crippen molar-refractivity contribution in [3.63, 3.8) is 0 Å². The number of methoxy groups -OCH3 is 3. The second kappa shape index (κ2) is 15.5. The fourth-order valence-corrected chi connectivity index (χ4v) is 6.23. The van der Waals surface area contributed by atoms with Gasteiger partial charge in [-0.05, 0) is 80.3 Å². The van der Waals surface area contributed by atoms with Crippen molar-refractivity contribution in [1.82, 2.24) is 10.2 Å². The van der Waals surface area contributed by atoms with Crippen molar-refractivity contribution in [3.05, 3.63) is 77.4 Å². The molecule has 0 saturated heterocycles. The number of sulfonamides is 1. The van der Waals surface area contributed by atoms with Crippen LogP contribution in [0.25, 0.3) is 0 Å². The van der Waals surface area contributed by atoms with Gasteiger partial charge in [0.25, 0.3) is 10.0 Å². The topological polar surface area (TPSA) is 114 Å². The summed E-state index contributed by atoms with van der Waals surface area (Å²) in [6.45, 7) is 7.38. The van der Waals surface area contributed by atoms with E-state index in [0.29, 0.717) is 23.7 Å². The van der Waals surface area contributed by atoms with Gasteiger partial charge >= 0.3 is 0 Å². The molecule has 1 unspecified atom stereocenters. The van der Waals surface area contributed by atoms with Crippen LogP contribution in [-0.2, 0) is 26.2 Å². The van der Waals surface area contributed by atoms with E-state index in [4.69, 9.17) is 14.2 Å². The minimum atomic E-state index is -4.29. The zero-order valence-corrected chi connectivity index (χ0v) is 27.4. The van der Waals surface area contributed by atoms with Crippen molar-refractivity contribution in [2.75, 3.05) is 38.7 Å². The summed E-state index contributed by atoms with van der Waals surface area (Å²) >= 11 is 0. The average molecular weight is 626 g/mol. The Morgan fingerprint density at radius 1 is 0.886 bits per heavy atom. The highest BCUT2D eigenvalue weighted by Gasteiger charge is 2.33. The molecule has 2 amide bonds. The van der Waals surface area contributed by atoms with Gasteiger partial charge in [-0.1, -0.05) is 31.5 Å². The molecule has 3 aromatic rings. The predicted octanol–water partition coefficient (Wildman–Crippen LogP) is 4.86. The van der Waals surface area contributed by atoms with E-state index in [2.05, 4.69) is 5.32 Å². The van der Waals surface area contributed by atoms with E-state index in [1.54, 1.807) is 44.4 Å². The zero-order chi connectivity index (χ0) is 32.4. The number of hydrogen-bond acceptors (Lipinski definition) is 7. The van der Waals surface area contributed by atoms with E-state index in [1.165, 1.54) is 37.3 Å². The summed E-state index contributed by atoms with van der Waals surface area (Å²) in [6.07, 6.45) is 1.70. The van der Waals surface area contributed by atoms with Crippen molar-refractivity contribution in [2.24, 2.45) is 0 Å². The number of amides is 2. The van der Waals surface area contributed by atoms with Crippen molar-refractivity contribution in [3.8, 4) is 17.2 Å². The Kier molecular flexibility index (Phi) is 12.0. The van der Waals surface area contributed by atoms with Crippen molar-refractivity contribution in [2.45, 2.75) is 58.0 Å². The van der Waals surface area contributed by atoms with Crippen LogP contribution >= 0.6 is 0 Å². The molecule has 0 aliphatic heterocycles. The fourth-order valence-electron chi connectivity index (χ4n) is 4.81. The second-order valence-electron chi connectivity index (χ2n) is 10.6. The molecule has 0 fully saturated rings. The fraction of sp³-hybridized carbons (Fsp3) is 0.394. The Labute approximate surface area is 261 Å². The largest absolute Gasteiger partial charge is 0.497 e. The third-order valence-corrected chi connectivity index (χ3v) is 8.97. The average Bonchev–Trinajstić information content (AvgIpc) is 3.01. The molecule has 44 heavy (non-hydrogen) atoms. The Morgan fingerprint density at radius 2 is 1.57 bits per heavy atom. The third kappa shape index (κ3) is 8.43. The monoisotopic (exact) mass is 625 g/mol. The maximum Gasteiger partial charge on any atom is 0.264 e. The number of ether oxygens (including phenoxy) is 3. The van der Waals surface area contributed by atoms with Gasteiger partial charge in [0.2, 0.25) is 11.8 Å². The van der Waals surface area contributed by atoms with Crippen LogP contribution in [0.15, 0.2) is 65.6 Å². The number of carbonyl (C=O) groups is 2. The molecule has 0 bridgehead atoms. The normalized spacial score (nSPS) is 11.8. The van der Waals surface area contributed by atoms with Gasteiger partial charge in [-0.25, -0.2) is 8.42 Å². The Morgan fingerprint density at radius 3 is 2.18 bits per heavy atom. The first-order valence-electron chi connectivity index (χ1n) is 14.5. The third-order valence-electron chi connectivity index (χ3n) is 7.20. The first-order chi connectivity index (χ1) is 20.9. The number of carbonyl (C=O) groups excluding carboxylic acids is 2. The van der Waals surface area contributed by atoms with Crippen molar-refractivity contribution < 1.29 is 32.2 Å². The molecule has 0 aromatic heterocycles. The predicted molar refractivity (Wildman–Crippen MR) is 171 cm³/mol. The number of nitrogens with zero attached hydrogens (tertiary/aromatic N) is 2. The molecule has 0 saturated carbocycles. The lowest BCUT2D eigenvalue weighted by Gasteiger charge is -2.32. The highest BCUT2D eigenvalue weighted by molar-refractivity contribution is 7.92. The molecule has 0 spiro atoms. The van der Waals surface area contributed by atoms with E-state index < -0.39 is 28.5 Å². The van der Waals surface area contributed by atoms with Crippen LogP contribution in [0, 0.1) is 13.8 Å². The molecule has 0 aliphatic rings. The molecule has 0 heterocycles. The molecule has 238 valence electrons. The summed E-state index contributed by atoms with van der Waals surface area (Å²) in [6, 6.07) is 15.9. The summed E-state index contributed by atoms with van der Waals surface area (Å²) in [4.78, 5) is 28.7. The lowest BCUT2D eigenvalue weighted by molar-refractivity contribution is -0.139. The standard InChI is InChI=1S/C33H43N3O7S/c1-8-9-15-34-33(38)25(4)35(21-26-11-10-12-28(19-26)41-5)32(37)22-36(27-17-23(2)16-24(3)18-27)44(39,40)29-13-14-30(42-6)31(20-29)43-7/h10-14,16-20,25H,8-9,15,21-22H2,1-7H3,(H,34,38). The van der Waals surface area contributed by atoms with E-state index in [-0.39, 0.29) is 23.1 Å². The van der Waals surface area contributed by atoms with Crippen LogP contribution in [0.5, 0.6) is 17.2 Å². The van der Waals surface area contributed by atoms with Gasteiger partial charge in [0, 0.05) is 19.2 Å². The van der Waals surface area contributed by atoms with Gasteiger partial charge in [0.1, 0.15) is 18.3 Å². The van der Waals surface area contributed by atoms with Crippen LogP contribution in [0.1, 0.15) is 43.4 Å². The second-order valence-corrected chi connectivity index (χ2v) is 12.4. The SMILES string of the molecule is CCCCNC(=O)C(C)N(Cc1cccc(OC)c1)C(=O)CN(c1cc(C)cc(C)c1)S(=O)(=O)c1ccc(OC)c(OC)c1. The minimum absolute atomic E-state index is 0.0650. The van der Waals surface area contributed by atoms with E-state index in [9.17, 15) is 18.0 Å². The van der Waals surface area contributed by atoms with Gasteiger partial charge in [-0.2, -0.15) is 0 Å². The van der Waals surface area contributed by atoms with E-state index in [1.807, 2.05) is 32.9 Å². The summed E-state index contributed by atoms with van der Waals surface area (Å²) in [5.74, 6) is 0.331. The first kappa shape index (κ1) is 34.2. The zero-order valence-electron chi connectivity index (χ0n) is 26.5. The number of unbranched alkanes of at least 4 members (excludes halogenated alkanes) is 1. The molecule has 0 radical (unpaired) electrons. The number of benzene rings is 3. The highest BCUT2D eigenvalue weighted by Crippen LogP contribution is 2.33. The van der Waals surface area contributed by atoms with E-state index >= 15 is 0 Å². The molecular weight excluding hydrogens is 582 g/mol. The van der Waals surface area contributed by atoms with E-state index in [0.717, 1.165) is 33.8 Å². The number of anilines is 1. The molecule has 3 aromatic carbocycles. The number of hydrogen-bond donors (Lipinski definition) is 1. The molecule has 1 N–H and O–H groups in total. The maximum absolute atomic E-state index is 14.3. The Bertz CT molecular complexity index is 1540. The lowest BCUT2D eigenvalue weighted by atomic mass is 10.1. The summed E-state index contributed by atoms with van der Waals surface area (Å²) in [5, 5.41) is 2.89. The van der Waals surface area contributed by atoms with Gasteiger partial charge in [-0.3, -0.25) is 13.9 Å². The molecule has 0 aliphatic carbocycles. The van der Waals surface area contributed by atoms with Gasteiger partial charge in [0.05, 0.1) is 31.9 Å². The van der Waals surface area contributed by atoms with Crippen molar-refractivity contribution in [1.29, 1.82) is 0 Å². The number of rotatable bonds is 15. The quantitative estimate of drug-likeness (QED) is 0.240. The van der Waals surface area contributed by atoms with Gasteiger partial charge in [0.15, 0.2) is 11.5 Å². The van der Waals surface area contributed by atoms with Crippen LogP contribution < -0.4 is 23.8 Å². The van der Waals surface area contributed by atoms with Crippen LogP contribution in [0.4, 0.5) is 5.69 Å². The van der Waals surface area contributed by atoms with Crippen LogP contribution in [0.2, 0.25) is 0 Å². The smallest absolute Gasteiger partial charge is 0.264 e. The Hall–Kier alpha value is -4.25. The van der Waals surface area contributed by atoms with Gasteiger partial charge in [-0.15, -0.1) is 0 Å².